The van der Waals surface area contributed by atoms with Crippen LogP contribution in [0.1, 0.15) is 56.7 Å². The molecular weight excluding hydrogens is 326 g/mol. The van der Waals surface area contributed by atoms with Crippen molar-refractivity contribution in [2.24, 2.45) is 0 Å². The molecule has 0 amide bonds. The van der Waals surface area contributed by atoms with E-state index in [1.54, 1.807) is 10.6 Å². The largest absolute Gasteiger partial charge is 0.474 e. The van der Waals surface area contributed by atoms with Crippen molar-refractivity contribution in [2.75, 3.05) is 20.1 Å². The third kappa shape index (κ3) is 3.35. The Hall–Kier alpha value is -1.40. The van der Waals surface area contributed by atoms with Gasteiger partial charge in [-0.3, -0.25) is 0 Å². The van der Waals surface area contributed by atoms with E-state index in [1.807, 2.05) is 0 Å². The molecule has 1 saturated heterocycles. The fraction of sp³-hybridized carbons (Fsp3) is 0.706. The standard InChI is InChI=1S/C17H24ClN5O/c1-22-9-7-13(8-10-22)24-15-11-14(18)19-17-20-16(21-23(15)17)12-5-3-2-4-6-12/h11-13H,2-10H2,1H3. The first kappa shape index (κ1) is 16.1. The van der Waals surface area contributed by atoms with Crippen molar-refractivity contribution in [2.45, 2.75) is 57.0 Å². The number of ether oxygens (including phenoxy) is 1. The molecule has 2 aliphatic rings. The number of nitrogens with zero attached hydrogens (tertiary/aromatic N) is 5. The first-order valence-electron chi connectivity index (χ1n) is 8.97. The van der Waals surface area contributed by atoms with Crippen molar-refractivity contribution in [3.05, 3.63) is 17.0 Å². The Kier molecular flexibility index (Phi) is 4.59. The van der Waals surface area contributed by atoms with Gasteiger partial charge in [0.2, 0.25) is 5.88 Å². The van der Waals surface area contributed by atoms with Gasteiger partial charge in [0.1, 0.15) is 11.3 Å². The van der Waals surface area contributed by atoms with E-state index >= 15 is 0 Å². The highest BCUT2D eigenvalue weighted by Crippen LogP contribution is 2.31. The van der Waals surface area contributed by atoms with E-state index in [0.29, 0.717) is 22.7 Å². The number of aromatic nitrogens is 4. The van der Waals surface area contributed by atoms with Crippen molar-refractivity contribution in [3.8, 4) is 5.88 Å². The van der Waals surface area contributed by atoms with Gasteiger partial charge in [-0.2, -0.15) is 14.5 Å². The molecule has 0 radical (unpaired) electrons. The predicted octanol–water partition coefficient (Wildman–Crippen LogP) is 3.30. The van der Waals surface area contributed by atoms with E-state index in [2.05, 4.69) is 21.9 Å². The number of rotatable bonds is 3. The first-order chi connectivity index (χ1) is 11.7. The van der Waals surface area contributed by atoms with Gasteiger partial charge >= 0.3 is 0 Å². The Bertz CT molecular complexity index is 704. The van der Waals surface area contributed by atoms with Gasteiger partial charge in [0, 0.05) is 25.1 Å². The van der Waals surface area contributed by atoms with Crippen LogP contribution in [0.2, 0.25) is 5.15 Å². The number of hydrogen-bond acceptors (Lipinski definition) is 5. The molecule has 0 aromatic carbocycles. The Morgan fingerprint density at radius 1 is 1.08 bits per heavy atom. The molecule has 1 aliphatic heterocycles. The summed E-state index contributed by atoms with van der Waals surface area (Å²) in [5.41, 5.74) is 0. The van der Waals surface area contributed by atoms with Crippen LogP contribution in [-0.4, -0.2) is 50.7 Å². The molecule has 2 fully saturated rings. The fourth-order valence-corrected chi connectivity index (χ4v) is 3.89. The van der Waals surface area contributed by atoms with Gasteiger partial charge < -0.3 is 9.64 Å². The Morgan fingerprint density at radius 2 is 1.83 bits per heavy atom. The zero-order valence-electron chi connectivity index (χ0n) is 14.1. The molecule has 4 rings (SSSR count). The van der Waals surface area contributed by atoms with Crippen molar-refractivity contribution in [1.29, 1.82) is 0 Å². The van der Waals surface area contributed by atoms with Crippen LogP contribution < -0.4 is 4.74 Å². The van der Waals surface area contributed by atoms with Crippen LogP contribution >= 0.6 is 11.6 Å². The van der Waals surface area contributed by atoms with Crippen molar-refractivity contribution >= 4 is 17.4 Å². The van der Waals surface area contributed by atoms with Crippen molar-refractivity contribution < 1.29 is 4.74 Å². The SMILES string of the molecule is CN1CCC(Oc2cc(Cl)nc3nc(C4CCCCC4)nn23)CC1. The lowest BCUT2D eigenvalue weighted by atomic mass is 9.89. The molecule has 130 valence electrons. The highest BCUT2D eigenvalue weighted by Gasteiger charge is 2.23. The van der Waals surface area contributed by atoms with E-state index in [4.69, 9.17) is 21.4 Å². The van der Waals surface area contributed by atoms with E-state index in [9.17, 15) is 0 Å². The minimum Gasteiger partial charge on any atom is -0.474 e. The number of fused-ring (bicyclic) bond motifs is 1. The molecule has 7 heteroatoms. The van der Waals surface area contributed by atoms with Gasteiger partial charge in [-0.05, 0) is 32.7 Å². The molecule has 6 nitrogen and oxygen atoms in total. The summed E-state index contributed by atoms with van der Waals surface area (Å²) in [7, 11) is 2.14. The molecule has 24 heavy (non-hydrogen) atoms. The fourth-order valence-electron chi connectivity index (χ4n) is 3.72. The van der Waals surface area contributed by atoms with Crippen LogP contribution in [0, 0.1) is 0 Å². The molecule has 2 aromatic heterocycles. The van der Waals surface area contributed by atoms with Crippen LogP contribution in [-0.2, 0) is 0 Å². The smallest absolute Gasteiger partial charge is 0.257 e. The van der Waals surface area contributed by atoms with E-state index in [-0.39, 0.29) is 6.10 Å². The maximum atomic E-state index is 6.21. The summed E-state index contributed by atoms with van der Waals surface area (Å²) >= 11 is 6.18. The summed E-state index contributed by atoms with van der Waals surface area (Å²) in [6, 6.07) is 1.76. The Labute approximate surface area is 147 Å². The average molecular weight is 350 g/mol. The minimum absolute atomic E-state index is 0.199. The third-order valence-corrected chi connectivity index (χ3v) is 5.38. The Morgan fingerprint density at radius 3 is 2.58 bits per heavy atom. The second-order valence-corrected chi connectivity index (χ2v) is 7.44. The van der Waals surface area contributed by atoms with Crippen LogP contribution in [0.3, 0.4) is 0 Å². The molecule has 0 unspecified atom stereocenters. The lowest BCUT2D eigenvalue weighted by molar-refractivity contribution is 0.107. The molecule has 0 atom stereocenters. The predicted molar refractivity (Wildman–Crippen MR) is 92.8 cm³/mol. The maximum Gasteiger partial charge on any atom is 0.257 e. The van der Waals surface area contributed by atoms with E-state index in [0.717, 1.165) is 44.6 Å². The average Bonchev–Trinajstić information content (AvgIpc) is 3.02. The number of halogens is 1. The quantitative estimate of drug-likeness (QED) is 0.796. The summed E-state index contributed by atoms with van der Waals surface area (Å²) in [6.45, 7) is 2.11. The van der Waals surface area contributed by atoms with Crippen LogP contribution in [0.15, 0.2) is 6.07 Å². The summed E-state index contributed by atoms with van der Waals surface area (Å²) in [5, 5.41) is 5.12. The van der Waals surface area contributed by atoms with Gasteiger partial charge in [-0.15, -0.1) is 5.10 Å². The van der Waals surface area contributed by atoms with E-state index < -0.39 is 0 Å². The summed E-state index contributed by atoms with van der Waals surface area (Å²) < 4.78 is 7.94. The molecular formula is C17H24ClN5O. The van der Waals surface area contributed by atoms with Crippen LogP contribution in [0.4, 0.5) is 0 Å². The topological polar surface area (TPSA) is 55.5 Å². The summed E-state index contributed by atoms with van der Waals surface area (Å²) in [5.74, 6) is 2.54. The highest BCUT2D eigenvalue weighted by molar-refractivity contribution is 6.29. The molecule has 0 N–H and O–H groups in total. The summed E-state index contributed by atoms with van der Waals surface area (Å²) in [4.78, 5) is 11.3. The molecule has 1 aliphatic carbocycles. The molecule has 0 bridgehead atoms. The molecule has 1 saturated carbocycles. The number of piperidine rings is 1. The minimum atomic E-state index is 0.199. The maximum absolute atomic E-state index is 6.21. The van der Waals surface area contributed by atoms with Crippen molar-refractivity contribution in [3.63, 3.8) is 0 Å². The van der Waals surface area contributed by atoms with Crippen LogP contribution in [0.5, 0.6) is 5.88 Å². The first-order valence-corrected chi connectivity index (χ1v) is 9.35. The highest BCUT2D eigenvalue weighted by atomic mass is 35.5. The van der Waals surface area contributed by atoms with Gasteiger partial charge in [-0.25, -0.2) is 0 Å². The normalized spacial score (nSPS) is 21.4. The van der Waals surface area contributed by atoms with Gasteiger partial charge in [0.15, 0.2) is 5.82 Å². The number of likely N-dealkylation sites (tertiary alicyclic amines) is 1. The monoisotopic (exact) mass is 349 g/mol. The van der Waals surface area contributed by atoms with Crippen LogP contribution in [0.25, 0.3) is 5.78 Å². The van der Waals surface area contributed by atoms with Crippen molar-refractivity contribution in [1.82, 2.24) is 24.5 Å². The lowest BCUT2D eigenvalue weighted by Crippen LogP contribution is -2.36. The van der Waals surface area contributed by atoms with Gasteiger partial charge in [0.05, 0.1) is 0 Å². The summed E-state index contributed by atoms with van der Waals surface area (Å²) in [6.07, 6.45) is 8.39. The van der Waals surface area contributed by atoms with E-state index in [1.165, 1.54) is 19.3 Å². The Balaban J connectivity index is 1.60. The molecule has 2 aromatic rings. The molecule has 3 heterocycles. The number of hydrogen-bond donors (Lipinski definition) is 0. The zero-order chi connectivity index (χ0) is 16.5. The van der Waals surface area contributed by atoms with Gasteiger partial charge in [0.25, 0.3) is 5.78 Å². The lowest BCUT2D eigenvalue weighted by Gasteiger charge is -2.29. The second-order valence-electron chi connectivity index (χ2n) is 7.05. The molecule has 0 spiro atoms. The second kappa shape index (κ2) is 6.84. The third-order valence-electron chi connectivity index (χ3n) is 5.19. The van der Waals surface area contributed by atoms with Gasteiger partial charge in [-0.1, -0.05) is 30.9 Å². The zero-order valence-corrected chi connectivity index (χ0v) is 14.9.